The molecule has 0 unspecified atom stereocenters. The maximum atomic E-state index is 11.8. The second-order valence-corrected chi connectivity index (χ2v) is 7.39. The summed E-state index contributed by atoms with van der Waals surface area (Å²) < 4.78 is 5.90. The minimum Gasteiger partial charge on any atom is -0.490 e. The van der Waals surface area contributed by atoms with Crippen LogP contribution < -0.4 is 4.74 Å². The zero-order chi connectivity index (χ0) is 20.6. The molecule has 0 saturated heterocycles. The Morgan fingerprint density at radius 1 is 1.00 bits per heavy atom. The van der Waals surface area contributed by atoms with Crippen LogP contribution in [0.4, 0.5) is 0 Å². The number of carbonyl (C=O) groups excluding carboxylic acids is 1. The first-order valence-electron chi connectivity index (χ1n) is 9.16. The van der Waals surface area contributed by atoms with E-state index in [-0.39, 0.29) is 12.7 Å². The van der Waals surface area contributed by atoms with Crippen LogP contribution in [-0.4, -0.2) is 30.0 Å². The van der Waals surface area contributed by atoms with Gasteiger partial charge in [-0.05, 0) is 46.8 Å². The van der Waals surface area contributed by atoms with E-state index in [4.69, 9.17) is 19.3 Å². The Kier molecular flexibility index (Phi) is 7.58. The summed E-state index contributed by atoms with van der Waals surface area (Å²) in [5.41, 5.74) is 1.56. The number of rotatable bonds is 8. The van der Waals surface area contributed by atoms with Crippen LogP contribution in [0.5, 0.6) is 5.75 Å². The van der Waals surface area contributed by atoms with Crippen molar-refractivity contribution in [1.82, 2.24) is 0 Å². The third-order valence-corrected chi connectivity index (χ3v) is 3.27. The van der Waals surface area contributed by atoms with Crippen molar-refractivity contribution in [3.63, 3.8) is 0 Å². The summed E-state index contributed by atoms with van der Waals surface area (Å²) in [6, 6.07) is 17.1. The second kappa shape index (κ2) is 9.90. The molecule has 0 aliphatic carbocycles. The van der Waals surface area contributed by atoms with Crippen molar-refractivity contribution in [2.75, 3.05) is 6.61 Å². The van der Waals surface area contributed by atoms with Crippen LogP contribution in [0, 0.1) is 0 Å². The van der Waals surface area contributed by atoms with Gasteiger partial charge in [-0.2, -0.15) is 4.89 Å². The Bertz CT molecular complexity index is 794. The molecule has 0 atom stereocenters. The fourth-order valence-corrected chi connectivity index (χ4v) is 2.22. The molecule has 2 aromatic carbocycles. The highest BCUT2D eigenvalue weighted by Crippen LogP contribution is 2.23. The predicted molar refractivity (Wildman–Crippen MR) is 107 cm³/mol. The van der Waals surface area contributed by atoms with E-state index in [2.05, 4.69) is 5.16 Å². The SMILES string of the molecule is CC(C)Oc1ccccc1/C(=N/OCC(=O)OOC(C)(C)C)c1ccccc1. The van der Waals surface area contributed by atoms with Crippen LogP contribution in [-0.2, 0) is 19.4 Å². The first kappa shape index (κ1) is 21.4. The van der Waals surface area contributed by atoms with Crippen molar-refractivity contribution >= 4 is 11.7 Å². The average molecular weight is 385 g/mol. The monoisotopic (exact) mass is 385 g/mol. The maximum Gasteiger partial charge on any atom is 0.382 e. The molecule has 0 aromatic heterocycles. The summed E-state index contributed by atoms with van der Waals surface area (Å²) in [6.07, 6.45) is 0.00335. The number of ether oxygens (including phenoxy) is 1. The lowest BCUT2D eigenvalue weighted by Crippen LogP contribution is -2.23. The van der Waals surface area contributed by atoms with E-state index in [1.54, 1.807) is 20.8 Å². The Balaban J connectivity index is 2.22. The van der Waals surface area contributed by atoms with Crippen LogP contribution in [0.2, 0.25) is 0 Å². The first-order valence-corrected chi connectivity index (χ1v) is 9.16. The Hall–Kier alpha value is -2.86. The molecule has 2 aromatic rings. The molecule has 0 spiro atoms. The lowest BCUT2D eigenvalue weighted by atomic mass is 10.0. The van der Waals surface area contributed by atoms with Crippen molar-refractivity contribution in [3.05, 3.63) is 65.7 Å². The van der Waals surface area contributed by atoms with Crippen LogP contribution in [0.3, 0.4) is 0 Å². The smallest absolute Gasteiger partial charge is 0.382 e. The molecule has 28 heavy (non-hydrogen) atoms. The quantitative estimate of drug-likeness (QED) is 0.380. The lowest BCUT2D eigenvalue weighted by Gasteiger charge is -2.16. The molecule has 0 N–H and O–H groups in total. The van der Waals surface area contributed by atoms with Gasteiger partial charge in [0.1, 0.15) is 17.1 Å². The van der Waals surface area contributed by atoms with Crippen LogP contribution in [0.1, 0.15) is 45.7 Å². The van der Waals surface area contributed by atoms with Gasteiger partial charge in [-0.1, -0.05) is 47.6 Å². The van der Waals surface area contributed by atoms with Crippen molar-refractivity contribution < 1.29 is 24.1 Å². The van der Waals surface area contributed by atoms with E-state index >= 15 is 0 Å². The van der Waals surface area contributed by atoms with E-state index in [0.29, 0.717) is 11.5 Å². The number of carbonyl (C=O) groups is 1. The van der Waals surface area contributed by atoms with E-state index in [1.807, 2.05) is 68.4 Å². The summed E-state index contributed by atoms with van der Waals surface area (Å²) in [7, 11) is 0. The van der Waals surface area contributed by atoms with Gasteiger partial charge in [0, 0.05) is 11.1 Å². The van der Waals surface area contributed by atoms with E-state index < -0.39 is 11.6 Å². The molecule has 2 rings (SSSR count). The maximum absolute atomic E-state index is 11.8. The molecule has 0 aliphatic heterocycles. The number of hydrogen-bond acceptors (Lipinski definition) is 6. The average Bonchev–Trinajstić information content (AvgIpc) is 2.64. The van der Waals surface area contributed by atoms with E-state index in [9.17, 15) is 4.79 Å². The van der Waals surface area contributed by atoms with Gasteiger partial charge in [-0.15, -0.1) is 0 Å². The second-order valence-electron chi connectivity index (χ2n) is 7.39. The van der Waals surface area contributed by atoms with Crippen molar-refractivity contribution in [1.29, 1.82) is 0 Å². The third kappa shape index (κ3) is 7.04. The molecule has 0 saturated carbocycles. The molecule has 0 bridgehead atoms. The number of oxime groups is 1. The molecule has 0 aliphatic rings. The Morgan fingerprint density at radius 3 is 2.29 bits per heavy atom. The minimum atomic E-state index is -0.669. The molecule has 0 heterocycles. The van der Waals surface area contributed by atoms with Gasteiger partial charge in [0.15, 0.2) is 0 Å². The van der Waals surface area contributed by atoms with Gasteiger partial charge < -0.3 is 9.57 Å². The molecule has 0 amide bonds. The van der Waals surface area contributed by atoms with Gasteiger partial charge in [-0.25, -0.2) is 4.79 Å². The fourth-order valence-electron chi connectivity index (χ4n) is 2.22. The third-order valence-electron chi connectivity index (χ3n) is 3.27. The number of benzene rings is 2. The van der Waals surface area contributed by atoms with Gasteiger partial charge in [0.2, 0.25) is 6.61 Å². The van der Waals surface area contributed by atoms with Gasteiger partial charge in [-0.3, -0.25) is 4.89 Å². The highest BCUT2D eigenvalue weighted by Gasteiger charge is 2.17. The van der Waals surface area contributed by atoms with Crippen molar-refractivity contribution in [2.24, 2.45) is 5.16 Å². The minimum absolute atomic E-state index is 0.00335. The van der Waals surface area contributed by atoms with E-state index in [1.165, 1.54) is 0 Å². The van der Waals surface area contributed by atoms with Crippen LogP contribution in [0.15, 0.2) is 59.8 Å². The normalized spacial score (nSPS) is 12.0. The molecular weight excluding hydrogens is 358 g/mol. The summed E-state index contributed by atoms with van der Waals surface area (Å²) in [5, 5.41) is 4.20. The standard InChI is InChI=1S/C22H27NO5/c1-16(2)26-19-14-10-9-13-18(19)21(17-11-7-6-8-12-17)23-25-15-20(24)27-28-22(3,4)5/h6-14,16H,15H2,1-5H3/b23-21+. The molecule has 150 valence electrons. The predicted octanol–water partition coefficient (Wildman–Crippen LogP) is 4.52. The van der Waals surface area contributed by atoms with E-state index in [0.717, 1.165) is 11.1 Å². The summed E-state index contributed by atoms with van der Waals surface area (Å²) in [4.78, 5) is 26.8. The van der Waals surface area contributed by atoms with Crippen LogP contribution >= 0.6 is 0 Å². The van der Waals surface area contributed by atoms with Crippen LogP contribution in [0.25, 0.3) is 0 Å². The molecular formula is C22H27NO5. The number of hydrogen-bond donors (Lipinski definition) is 0. The topological polar surface area (TPSA) is 66.4 Å². The lowest BCUT2D eigenvalue weighted by molar-refractivity contribution is -0.322. The summed E-state index contributed by atoms with van der Waals surface area (Å²) in [5.74, 6) is 0.0140. The van der Waals surface area contributed by atoms with Gasteiger partial charge in [0.05, 0.1) is 6.10 Å². The molecule has 6 nitrogen and oxygen atoms in total. The summed E-state index contributed by atoms with van der Waals surface area (Å²) >= 11 is 0. The van der Waals surface area contributed by atoms with Crippen molar-refractivity contribution in [2.45, 2.75) is 46.3 Å². The summed E-state index contributed by atoms with van der Waals surface area (Å²) in [6.45, 7) is 8.87. The zero-order valence-corrected chi connectivity index (χ0v) is 17.0. The largest absolute Gasteiger partial charge is 0.490 e. The highest BCUT2D eigenvalue weighted by molar-refractivity contribution is 6.14. The number of nitrogens with zero attached hydrogens (tertiary/aromatic N) is 1. The zero-order valence-electron chi connectivity index (χ0n) is 17.0. The molecule has 6 heteroatoms. The molecule has 0 radical (unpaired) electrons. The highest BCUT2D eigenvalue weighted by atomic mass is 17.2. The fraction of sp³-hybridized carbons (Fsp3) is 0.364. The Morgan fingerprint density at radius 2 is 1.64 bits per heavy atom. The molecule has 0 fully saturated rings. The Labute approximate surface area is 166 Å². The number of para-hydroxylation sites is 1. The van der Waals surface area contributed by atoms with Gasteiger partial charge in [0.25, 0.3) is 0 Å². The first-order chi connectivity index (χ1) is 13.3. The van der Waals surface area contributed by atoms with Gasteiger partial charge >= 0.3 is 5.97 Å². The van der Waals surface area contributed by atoms with Crippen molar-refractivity contribution in [3.8, 4) is 5.75 Å².